The number of aryl methyl sites for hydroxylation is 1. The summed E-state index contributed by atoms with van der Waals surface area (Å²) < 4.78 is 5.40. The molecule has 0 radical (unpaired) electrons. The smallest absolute Gasteiger partial charge is 0.146 e. The summed E-state index contributed by atoms with van der Waals surface area (Å²) in [4.78, 5) is 6.59. The highest BCUT2D eigenvalue weighted by atomic mass is 16.5. The molecule has 2 heterocycles. The molecule has 0 spiro atoms. The van der Waals surface area contributed by atoms with Crippen molar-refractivity contribution in [2.24, 2.45) is 0 Å². The molecule has 4 nitrogen and oxygen atoms in total. The van der Waals surface area contributed by atoms with E-state index in [1.807, 2.05) is 19.1 Å². The average molecular weight is 217 g/mol. The second kappa shape index (κ2) is 4.95. The summed E-state index contributed by atoms with van der Waals surface area (Å²) in [6, 6.07) is 5.90. The van der Waals surface area contributed by atoms with E-state index in [0.717, 1.165) is 37.6 Å². The monoisotopic (exact) mass is 217 g/mol. The lowest BCUT2D eigenvalue weighted by Gasteiger charge is -2.21. The molecule has 1 aliphatic heterocycles. The Hall–Kier alpha value is -1.60. The maximum absolute atomic E-state index is 9.06. The predicted octanol–water partition coefficient (Wildman–Crippen LogP) is 1.49. The molecule has 0 aliphatic carbocycles. The van der Waals surface area contributed by atoms with Gasteiger partial charge in [0.15, 0.2) is 0 Å². The van der Waals surface area contributed by atoms with E-state index in [1.165, 1.54) is 0 Å². The molecule has 0 N–H and O–H groups in total. The fraction of sp³-hybridized carbons (Fsp3) is 0.500. The number of nitriles is 1. The highest BCUT2D eigenvalue weighted by Gasteiger charge is 2.15. The molecule has 84 valence electrons. The minimum absolute atomic E-state index is 0.646. The largest absolute Gasteiger partial charge is 0.380 e. The minimum atomic E-state index is 0.646. The first-order chi connectivity index (χ1) is 7.81. The molecule has 16 heavy (non-hydrogen) atoms. The number of hydrogen-bond acceptors (Lipinski definition) is 4. The van der Waals surface area contributed by atoms with Gasteiger partial charge in [-0.2, -0.15) is 5.26 Å². The second-order valence-corrected chi connectivity index (χ2v) is 3.89. The zero-order chi connectivity index (χ0) is 11.4. The molecule has 1 fully saturated rings. The number of rotatable bonds is 1. The molecule has 0 saturated carbocycles. The summed E-state index contributed by atoms with van der Waals surface area (Å²) in [5.74, 6) is 0.799. The van der Waals surface area contributed by atoms with Crippen LogP contribution in [-0.2, 0) is 4.74 Å². The third-order valence-corrected chi connectivity index (χ3v) is 2.66. The van der Waals surface area contributed by atoms with E-state index in [4.69, 9.17) is 10.00 Å². The Balaban J connectivity index is 2.30. The number of ether oxygens (including phenoxy) is 1. The topological polar surface area (TPSA) is 49.2 Å². The van der Waals surface area contributed by atoms with Gasteiger partial charge in [-0.1, -0.05) is 0 Å². The third kappa shape index (κ3) is 2.31. The van der Waals surface area contributed by atoms with E-state index in [0.29, 0.717) is 12.2 Å². The molecule has 1 saturated heterocycles. The van der Waals surface area contributed by atoms with Crippen LogP contribution in [-0.4, -0.2) is 31.3 Å². The summed E-state index contributed by atoms with van der Waals surface area (Å²) in [5.41, 5.74) is 1.59. The summed E-state index contributed by atoms with van der Waals surface area (Å²) in [7, 11) is 0. The zero-order valence-electron chi connectivity index (χ0n) is 9.44. The molecule has 0 aromatic carbocycles. The van der Waals surface area contributed by atoms with Crippen molar-refractivity contribution in [1.29, 1.82) is 5.26 Å². The van der Waals surface area contributed by atoms with Crippen molar-refractivity contribution < 1.29 is 4.74 Å². The summed E-state index contributed by atoms with van der Waals surface area (Å²) in [5, 5.41) is 9.06. The van der Waals surface area contributed by atoms with Crippen LogP contribution in [0.3, 0.4) is 0 Å². The zero-order valence-corrected chi connectivity index (χ0v) is 9.44. The Labute approximate surface area is 95.5 Å². The Morgan fingerprint density at radius 3 is 3.06 bits per heavy atom. The van der Waals surface area contributed by atoms with Gasteiger partial charge in [0.1, 0.15) is 11.9 Å². The van der Waals surface area contributed by atoms with Gasteiger partial charge >= 0.3 is 0 Å². The number of aromatic nitrogens is 1. The molecule has 1 aromatic heterocycles. The van der Waals surface area contributed by atoms with Crippen molar-refractivity contribution in [2.75, 3.05) is 31.2 Å². The normalized spacial score (nSPS) is 16.6. The lowest BCUT2D eigenvalue weighted by molar-refractivity contribution is 0.152. The quantitative estimate of drug-likeness (QED) is 0.715. The highest BCUT2D eigenvalue weighted by Crippen LogP contribution is 2.18. The van der Waals surface area contributed by atoms with Gasteiger partial charge in [0.2, 0.25) is 0 Å². The van der Waals surface area contributed by atoms with Crippen LogP contribution in [0.15, 0.2) is 12.1 Å². The molecule has 0 atom stereocenters. The van der Waals surface area contributed by atoms with Gasteiger partial charge in [0.05, 0.1) is 12.2 Å². The number of pyridine rings is 1. The Morgan fingerprint density at radius 2 is 2.25 bits per heavy atom. The van der Waals surface area contributed by atoms with E-state index in [2.05, 4.69) is 16.0 Å². The van der Waals surface area contributed by atoms with Crippen molar-refractivity contribution >= 4 is 5.82 Å². The van der Waals surface area contributed by atoms with E-state index in [-0.39, 0.29) is 0 Å². The minimum Gasteiger partial charge on any atom is -0.380 e. The van der Waals surface area contributed by atoms with Gasteiger partial charge in [-0.25, -0.2) is 4.98 Å². The van der Waals surface area contributed by atoms with Gasteiger partial charge in [-0.15, -0.1) is 0 Å². The lowest BCUT2D eigenvalue weighted by atomic mass is 10.2. The van der Waals surface area contributed by atoms with Gasteiger partial charge in [0.25, 0.3) is 0 Å². The Morgan fingerprint density at radius 1 is 1.38 bits per heavy atom. The van der Waals surface area contributed by atoms with Gasteiger partial charge in [-0.3, -0.25) is 0 Å². The van der Waals surface area contributed by atoms with Crippen LogP contribution in [0.25, 0.3) is 0 Å². The standard InChI is InChI=1S/C12H15N3O/c1-10-3-4-11(9-13)12(14-10)15-5-2-7-16-8-6-15/h3-4H,2,5-8H2,1H3. The van der Waals surface area contributed by atoms with Gasteiger partial charge in [-0.05, 0) is 25.5 Å². The summed E-state index contributed by atoms with van der Waals surface area (Å²) >= 11 is 0. The molecule has 0 amide bonds. The van der Waals surface area contributed by atoms with E-state index in [1.54, 1.807) is 0 Å². The lowest BCUT2D eigenvalue weighted by Crippen LogP contribution is -2.27. The molecule has 1 aliphatic rings. The molecule has 0 bridgehead atoms. The Kier molecular flexibility index (Phi) is 3.37. The van der Waals surface area contributed by atoms with Crippen LogP contribution in [0.5, 0.6) is 0 Å². The van der Waals surface area contributed by atoms with Crippen LogP contribution in [0.2, 0.25) is 0 Å². The van der Waals surface area contributed by atoms with Crippen molar-refractivity contribution in [3.05, 3.63) is 23.4 Å². The fourth-order valence-corrected chi connectivity index (χ4v) is 1.83. The first kappa shape index (κ1) is 10.9. The van der Waals surface area contributed by atoms with Crippen molar-refractivity contribution in [3.63, 3.8) is 0 Å². The van der Waals surface area contributed by atoms with E-state index < -0.39 is 0 Å². The van der Waals surface area contributed by atoms with Crippen LogP contribution in [0.4, 0.5) is 5.82 Å². The fourth-order valence-electron chi connectivity index (χ4n) is 1.83. The average Bonchev–Trinajstić information content (AvgIpc) is 2.57. The van der Waals surface area contributed by atoms with Crippen LogP contribution in [0, 0.1) is 18.3 Å². The number of hydrogen-bond donors (Lipinski definition) is 0. The molecule has 0 unspecified atom stereocenters. The maximum Gasteiger partial charge on any atom is 0.146 e. The first-order valence-corrected chi connectivity index (χ1v) is 5.51. The van der Waals surface area contributed by atoms with Crippen molar-refractivity contribution in [2.45, 2.75) is 13.3 Å². The second-order valence-electron chi connectivity index (χ2n) is 3.89. The summed E-state index contributed by atoms with van der Waals surface area (Å²) in [6.45, 7) is 5.17. The highest BCUT2D eigenvalue weighted by molar-refractivity contribution is 5.54. The van der Waals surface area contributed by atoms with Crippen molar-refractivity contribution in [1.82, 2.24) is 4.98 Å². The molecular weight excluding hydrogens is 202 g/mol. The first-order valence-electron chi connectivity index (χ1n) is 5.51. The number of anilines is 1. The van der Waals surface area contributed by atoms with Gasteiger partial charge in [0, 0.05) is 25.4 Å². The summed E-state index contributed by atoms with van der Waals surface area (Å²) in [6.07, 6.45) is 0.987. The SMILES string of the molecule is Cc1ccc(C#N)c(N2CCCOCC2)n1. The predicted molar refractivity (Wildman–Crippen MR) is 61.3 cm³/mol. The number of nitrogens with zero attached hydrogens (tertiary/aromatic N) is 3. The van der Waals surface area contributed by atoms with Gasteiger partial charge < -0.3 is 9.64 Å². The maximum atomic E-state index is 9.06. The molecular formula is C12H15N3O. The third-order valence-electron chi connectivity index (χ3n) is 2.66. The van der Waals surface area contributed by atoms with E-state index >= 15 is 0 Å². The van der Waals surface area contributed by atoms with Crippen LogP contribution < -0.4 is 4.90 Å². The Bertz CT molecular complexity index is 403. The molecule has 4 heteroatoms. The van der Waals surface area contributed by atoms with Crippen LogP contribution in [0.1, 0.15) is 17.7 Å². The molecule has 1 aromatic rings. The molecule has 2 rings (SSSR count). The van der Waals surface area contributed by atoms with Crippen LogP contribution >= 0.6 is 0 Å². The van der Waals surface area contributed by atoms with Crippen molar-refractivity contribution in [3.8, 4) is 6.07 Å². The van der Waals surface area contributed by atoms with E-state index in [9.17, 15) is 0 Å².